The number of hydrogen-bond donors (Lipinski definition) is 2. The van der Waals surface area contributed by atoms with Crippen LogP contribution in [0.4, 0.5) is 4.39 Å². The van der Waals surface area contributed by atoms with Crippen molar-refractivity contribution in [1.82, 2.24) is 9.62 Å². The van der Waals surface area contributed by atoms with Gasteiger partial charge in [0, 0.05) is 42.2 Å². The summed E-state index contributed by atoms with van der Waals surface area (Å²) in [6.07, 6.45) is 0. The molecule has 1 unspecified atom stereocenters. The number of nitrogens with zero attached hydrogens (tertiary/aromatic N) is 2. The normalized spacial score (nSPS) is 16.2. The number of aliphatic hydroxyl groups is 1. The second-order valence-corrected chi connectivity index (χ2v) is 10.6. The van der Waals surface area contributed by atoms with Crippen LogP contribution >= 0.6 is 35.6 Å². The van der Waals surface area contributed by atoms with Gasteiger partial charge in [-0.25, -0.2) is 12.8 Å². The smallest absolute Gasteiger partial charge is 0.244 e. The van der Waals surface area contributed by atoms with Gasteiger partial charge in [-0.15, -0.1) is 12.4 Å². The van der Waals surface area contributed by atoms with Crippen molar-refractivity contribution >= 4 is 45.6 Å². The molecule has 1 aliphatic heterocycles. The maximum atomic E-state index is 13.9. The Kier molecular flexibility index (Phi) is 9.36. The summed E-state index contributed by atoms with van der Waals surface area (Å²) in [4.78, 5) is -0.0380. The Labute approximate surface area is 208 Å². The average molecular weight is 539 g/mol. The van der Waals surface area contributed by atoms with E-state index in [1.54, 1.807) is 13.0 Å². The van der Waals surface area contributed by atoms with Gasteiger partial charge in [-0.2, -0.15) is 9.57 Å². The largest absolute Gasteiger partial charge is 0.493 e. The minimum Gasteiger partial charge on any atom is -0.493 e. The monoisotopic (exact) mass is 537 g/mol. The van der Waals surface area contributed by atoms with E-state index in [2.05, 4.69) is 5.32 Å². The van der Waals surface area contributed by atoms with Crippen LogP contribution in [0.2, 0.25) is 10.0 Å². The van der Waals surface area contributed by atoms with Crippen LogP contribution in [0, 0.1) is 22.6 Å². The van der Waals surface area contributed by atoms with Crippen LogP contribution in [0.15, 0.2) is 41.3 Å². The Balaban J connectivity index is 0.00000385. The average Bonchev–Trinajstić information content (AvgIpc) is 2.72. The molecule has 0 aromatic heterocycles. The molecule has 0 saturated carbocycles. The summed E-state index contributed by atoms with van der Waals surface area (Å²) in [5, 5.41) is 21.7. The van der Waals surface area contributed by atoms with Crippen LogP contribution in [0.1, 0.15) is 12.5 Å². The lowest BCUT2D eigenvalue weighted by molar-refractivity contribution is 0.0159. The van der Waals surface area contributed by atoms with E-state index in [0.717, 1.165) is 6.07 Å². The van der Waals surface area contributed by atoms with Crippen molar-refractivity contribution in [3.8, 4) is 11.8 Å². The topological polar surface area (TPSA) is 103 Å². The molecule has 1 aliphatic rings. The lowest BCUT2D eigenvalue weighted by Gasteiger charge is -2.49. The van der Waals surface area contributed by atoms with E-state index in [9.17, 15) is 17.9 Å². The highest BCUT2D eigenvalue weighted by Crippen LogP contribution is 2.37. The number of rotatable bonds is 9. The summed E-state index contributed by atoms with van der Waals surface area (Å²) in [6.45, 7) is 2.46. The molecule has 0 radical (unpaired) electrons. The van der Waals surface area contributed by atoms with E-state index in [1.165, 1.54) is 34.6 Å². The Morgan fingerprint density at radius 2 is 2.00 bits per heavy atom. The molecule has 180 valence electrons. The number of hydrogen-bond acceptors (Lipinski definition) is 6. The maximum Gasteiger partial charge on any atom is 0.244 e. The molecule has 3 rings (SSSR count). The fourth-order valence-corrected chi connectivity index (χ4v) is 5.73. The van der Waals surface area contributed by atoms with Crippen molar-refractivity contribution in [2.24, 2.45) is 5.41 Å². The molecule has 1 atom stereocenters. The van der Waals surface area contributed by atoms with E-state index in [4.69, 9.17) is 33.2 Å². The van der Waals surface area contributed by atoms with Crippen LogP contribution in [0.25, 0.3) is 0 Å². The third-order valence-corrected chi connectivity index (χ3v) is 7.75. The molecule has 0 amide bonds. The van der Waals surface area contributed by atoms with Gasteiger partial charge in [-0.3, -0.25) is 0 Å². The molecule has 1 fully saturated rings. The molecular weight excluding hydrogens is 516 g/mol. The number of nitrogens with one attached hydrogen (secondary N) is 1. The van der Waals surface area contributed by atoms with E-state index < -0.39 is 21.3 Å². The predicted molar refractivity (Wildman–Crippen MR) is 126 cm³/mol. The second-order valence-electron chi connectivity index (χ2n) is 7.85. The predicted octanol–water partition coefficient (Wildman–Crippen LogP) is 3.47. The first-order valence-electron chi connectivity index (χ1n) is 9.72. The summed E-state index contributed by atoms with van der Waals surface area (Å²) >= 11 is 12.0. The van der Waals surface area contributed by atoms with Gasteiger partial charge in [0.2, 0.25) is 10.0 Å². The zero-order valence-electron chi connectivity index (χ0n) is 17.6. The van der Waals surface area contributed by atoms with Crippen LogP contribution in [-0.4, -0.2) is 56.7 Å². The molecule has 7 nitrogen and oxygen atoms in total. The fraction of sp³-hybridized carbons (Fsp3) is 0.381. The van der Waals surface area contributed by atoms with Crippen molar-refractivity contribution in [3.63, 3.8) is 0 Å². The Morgan fingerprint density at radius 3 is 2.58 bits per heavy atom. The molecule has 0 spiro atoms. The summed E-state index contributed by atoms with van der Waals surface area (Å²) in [7, 11) is -3.85. The van der Waals surface area contributed by atoms with Crippen molar-refractivity contribution in [2.75, 3.05) is 32.8 Å². The third kappa shape index (κ3) is 6.28. The van der Waals surface area contributed by atoms with Gasteiger partial charge in [0.05, 0.1) is 23.8 Å². The van der Waals surface area contributed by atoms with Crippen molar-refractivity contribution < 1.29 is 22.7 Å². The maximum absolute atomic E-state index is 13.9. The van der Waals surface area contributed by atoms with Crippen molar-refractivity contribution in [2.45, 2.75) is 17.9 Å². The molecule has 2 N–H and O–H groups in total. The standard InChI is InChI=1S/C21H22Cl2FN3O4S.ClH/c1-14(9-28)26-10-21(13-31-17-4-2-15(8-25)19(24)7-17)11-27(12-21)32(29,30)20-5-3-16(22)6-18(20)23;/h2-7,14,26,28H,9-13H2,1H3;1H. The van der Waals surface area contributed by atoms with E-state index in [-0.39, 0.29) is 66.0 Å². The highest BCUT2D eigenvalue weighted by Gasteiger charge is 2.49. The Bertz CT molecular complexity index is 1140. The highest BCUT2D eigenvalue weighted by atomic mass is 35.5. The first-order valence-corrected chi connectivity index (χ1v) is 11.9. The van der Waals surface area contributed by atoms with Gasteiger partial charge < -0.3 is 15.2 Å². The van der Waals surface area contributed by atoms with Crippen LogP contribution in [0.3, 0.4) is 0 Å². The zero-order valence-corrected chi connectivity index (χ0v) is 20.7. The lowest BCUT2D eigenvalue weighted by Crippen LogP contribution is -2.65. The first kappa shape index (κ1) is 27.6. The van der Waals surface area contributed by atoms with Crippen LogP contribution in [0.5, 0.6) is 5.75 Å². The molecule has 33 heavy (non-hydrogen) atoms. The Morgan fingerprint density at radius 1 is 1.30 bits per heavy atom. The molecule has 2 aromatic carbocycles. The number of nitriles is 1. The molecular formula is C21H23Cl3FN3O4S. The summed E-state index contributed by atoms with van der Waals surface area (Å²) in [5.41, 5.74) is -0.703. The van der Waals surface area contributed by atoms with Crippen molar-refractivity contribution in [3.05, 3.63) is 57.8 Å². The lowest BCUT2D eigenvalue weighted by atomic mass is 9.82. The number of ether oxygens (including phenoxy) is 1. The first-order chi connectivity index (χ1) is 15.1. The minimum atomic E-state index is -3.85. The van der Waals surface area contributed by atoms with Gasteiger partial charge in [0.1, 0.15) is 22.5 Å². The zero-order chi connectivity index (χ0) is 23.5. The number of sulfonamides is 1. The van der Waals surface area contributed by atoms with Gasteiger partial charge in [0.25, 0.3) is 0 Å². The number of benzene rings is 2. The fourth-order valence-electron chi connectivity index (χ4n) is 3.32. The van der Waals surface area contributed by atoms with Gasteiger partial charge >= 0.3 is 0 Å². The SMILES string of the molecule is CC(CO)NCC1(COc2ccc(C#N)c(F)c2)CN(S(=O)(=O)c2ccc(Cl)cc2Cl)C1.Cl. The van der Waals surface area contributed by atoms with E-state index >= 15 is 0 Å². The molecule has 0 bridgehead atoms. The molecule has 12 heteroatoms. The number of aliphatic hydroxyl groups excluding tert-OH is 1. The summed E-state index contributed by atoms with van der Waals surface area (Å²) < 4.78 is 47.0. The summed E-state index contributed by atoms with van der Waals surface area (Å²) in [5.74, 6) is -0.459. The summed E-state index contributed by atoms with van der Waals surface area (Å²) in [6, 6.07) is 9.67. The third-order valence-electron chi connectivity index (χ3n) is 5.24. The quantitative estimate of drug-likeness (QED) is 0.507. The van der Waals surface area contributed by atoms with E-state index in [0.29, 0.717) is 11.6 Å². The van der Waals surface area contributed by atoms with Crippen LogP contribution in [-0.2, 0) is 10.0 Å². The molecule has 2 aromatic rings. The second kappa shape index (κ2) is 11.2. The molecule has 1 heterocycles. The van der Waals surface area contributed by atoms with Gasteiger partial charge in [-0.05, 0) is 37.3 Å². The van der Waals surface area contributed by atoms with Gasteiger partial charge in [-0.1, -0.05) is 23.2 Å². The highest BCUT2D eigenvalue weighted by molar-refractivity contribution is 7.89. The molecule has 0 aliphatic carbocycles. The van der Waals surface area contributed by atoms with Crippen molar-refractivity contribution in [1.29, 1.82) is 5.26 Å². The minimum absolute atomic E-state index is 0. The van der Waals surface area contributed by atoms with Crippen LogP contribution < -0.4 is 10.1 Å². The van der Waals surface area contributed by atoms with Gasteiger partial charge in [0.15, 0.2) is 0 Å². The van der Waals surface area contributed by atoms with E-state index in [1.807, 2.05) is 0 Å². The number of halogens is 4. The molecule has 1 saturated heterocycles. The Hall–Kier alpha value is -1.64.